The summed E-state index contributed by atoms with van der Waals surface area (Å²) in [5.41, 5.74) is -0.121. The predicted octanol–water partition coefficient (Wildman–Crippen LogP) is 3.80. The van der Waals surface area contributed by atoms with E-state index in [0.717, 1.165) is 6.07 Å². The van der Waals surface area contributed by atoms with Crippen LogP contribution in [0.4, 0.5) is 17.6 Å². The average Bonchev–Trinajstić information content (AvgIpc) is 2.61. The van der Waals surface area contributed by atoms with Gasteiger partial charge in [0.25, 0.3) is 5.91 Å². The van der Waals surface area contributed by atoms with Crippen LogP contribution in [0.3, 0.4) is 0 Å². The lowest BCUT2D eigenvalue weighted by Gasteiger charge is -2.35. The number of halogens is 4. The predicted molar refractivity (Wildman–Crippen MR) is 89.0 cm³/mol. The van der Waals surface area contributed by atoms with Crippen molar-refractivity contribution in [2.24, 2.45) is 0 Å². The number of hydrogen-bond acceptors (Lipinski definition) is 2. The number of hydrogen-bond donors (Lipinski definition) is 0. The van der Waals surface area contributed by atoms with Gasteiger partial charge < -0.3 is 4.90 Å². The van der Waals surface area contributed by atoms with Crippen molar-refractivity contribution >= 4 is 5.91 Å². The van der Waals surface area contributed by atoms with Crippen LogP contribution in [0, 0.1) is 5.82 Å². The number of rotatable bonds is 3. The minimum atomic E-state index is -4.38. The second-order valence-electron chi connectivity index (χ2n) is 6.23. The molecule has 0 unspecified atom stereocenters. The van der Waals surface area contributed by atoms with Crippen molar-refractivity contribution in [2.45, 2.75) is 12.7 Å². The van der Waals surface area contributed by atoms with Crippen LogP contribution in [0.25, 0.3) is 0 Å². The van der Waals surface area contributed by atoms with E-state index in [9.17, 15) is 22.4 Å². The normalized spacial score (nSPS) is 15.9. The zero-order valence-electron chi connectivity index (χ0n) is 14.0. The molecule has 1 saturated heterocycles. The van der Waals surface area contributed by atoms with Gasteiger partial charge >= 0.3 is 6.18 Å². The fourth-order valence-corrected chi connectivity index (χ4v) is 3.09. The summed E-state index contributed by atoms with van der Waals surface area (Å²) in [6.45, 7) is 1.89. The Bertz CT molecular complexity index is 783. The summed E-state index contributed by atoms with van der Waals surface area (Å²) in [6, 6.07) is 11.0. The van der Waals surface area contributed by atoms with Gasteiger partial charge in [0.2, 0.25) is 0 Å². The van der Waals surface area contributed by atoms with Gasteiger partial charge in [0.15, 0.2) is 0 Å². The molecule has 1 amide bonds. The molecule has 0 bridgehead atoms. The third-order valence-corrected chi connectivity index (χ3v) is 4.45. The quantitative estimate of drug-likeness (QED) is 0.772. The van der Waals surface area contributed by atoms with E-state index in [1.807, 2.05) is 4.90 Å². The van der Waals surface area contributed by atoms with Crippen molar-refractivity contribution in [3.63, 3.8) is 0 Å². The van der Waals surface area contributed by atoms with Crippen LogP contribution in [-0.4, -0.2) is 41.9 Å². The Kier molecular flexibility index (Phi) is 5.27. The van der Waals surface area contributed by atoms with E-state index in [1.165, 1.54) is 30.3 Å². The lowest BCUT2D eigenvalue weighted by Crippen LogP contribution is -2.48. The maximum Gasteiger partial charge on any atom is 0.416 e. The van der Waals surface area contributed by atoms with Gasteiger partial charge in [0, 0.05) is 38.3 Å². The van der Waals surface area contributed by atoms with Crippen LogP contribution in [0.2, 0.25) is 0 Å². The molecule has 0 N–H and O–H groups in total. The third kappa shape index (κ3) is 4.22. The second kappa shape index (κ2) is 7.45. The van der Waals surface area contributed by atoms with Crippen molar-refractivity contribution in [1.29, 1.82) is 0 Å². The Hall–Kier alpha value is -2.41. The number of amides is 1. The number of alkyl halides is 3. The Morgan fingerprint density at radius 2 is 1.65 bits per heavy atom. The maximum atomic E-state index is 13.3. The monoisotopic (exact) mass is 366 g/mol. The van der Waals surface area contributed by atoms with E-state index < -0.39 is 17.6 Å². The fourth-order valence-electron chi connectivity index (χ4n) is 3.09. The summed E-state index contributed by atoms with van der Waals surface area (Å²) in [5, 5.41) is 0. The molecule has 0 aromatic heterocycles. The lowest BCUT2D eigenvalue weighted by atomic mass is 10.1. The smallest absolute Gasteiger partial charge is 0.336 e. The zero-order valence-corrected chi connectivity index (χ0v) is 14.0. The van der Waals surface area contributed by atoms with Crippen molar-refractivity contribution in [3.8, 4) is 0 Å². The molecule has 3 nitrogen and oxygen atoms in total. The Morgan fingerprint density at radius 1 is 0.962 bits per heavy atom. The fraction of sp³-hybridized carbons (Fsp3) is 0.316. The molecule has 1 heterocycles. The summed E-state index contributed by atoms with van der Waals surface area (Å²) in [6.07, 6.45) is -4.38. The first-order valence-electron chi connectivity index (χ1n) is 8.27. The van der Waals surface area contributed by atoms with Crippen LogP contribution in [-0.2, 0) is 12.7 Å². The van der Waals surface area contributed by atoms with Crippen LogP contribution < -0.4 is 0 Å². The van der Waals surface area contributed by atoms with E-state index in [4.69, 9.17) is 0 Å². The molecule has 138 valence electrons. The molecule has 2 aromatic carbocycles. The van der Waals surface area contributed by atoms with E-state index >= 15 is 0 Å². The Morgan fingerprint density at radius 3 is 2.31 bits per heavy atom. The second-order valence-corrected chi connectivity index (χ2v) is 6.23. The summed E-state index contributed by atoms with van der Waals surface area (Å²) < 4.78 is 52.5. The highest BCUT2D eigenvalue weighted by atomic mass is 19.4. The van der Waals surface area contributed by atoms with E-state index in [0.29, 0.717) is 26.2 Å². The molecule has 1 fully saturated rings. The summed E-state index contributed by atoms with van der Waals surface area (Å²) >= 11 is 0. The van der Waals surface area contributed by atoms with Crippen molar-refractivity contribution < 1.29 is 22.4 Å². The van der Waals surface area contributed by atoms with Crippen LogP contribution in [0.5, 0.6) is 0 Å². The third-order valence-electron chi connectivity index (χ3n) is 4.45. The highest BCUT2D eigenvalue weighted by molar-refractivity contribution is 5.94. The molecule has 0 atom stereocenters. The molecule has 0 radical (unpaired) electrons. The lowest BCUT2D eigenvalue weighted by molar-refractivity contribution is -0.138. The molecule has 3 rings (SSSR count). The first-order chi connectivity index (χ1) is 12.3. The molecule has 7 heteroatoms. The molecule has 26 heavy (non-hydrogen) atoms. The van der Waals surface area contributed by atoms with Crippen LogP contribution in [0.1, 0.15) is 21.5 Å². The topological polar surface area (TPSA) is 23.6 Å². The van der Waals surface area contributed by atoms with Gasteiger partial charge in [-0.05, 0) is 29.8 Å². The number of piperazine rings is 1. The number of benzene rings is 2. The highest BCUT2D eigenvalue weighted by Gasteiger charge is 2.33. The number of carbonyl (C=O) groups excluding carboxylic acids is 1. The summed E-state index contributed by atoms with van der Waals surface area (Å²) in [4.78, 5) is 15.9. The summed E-state index contributed by atoms with van der Waals surface area (Å²) in [7, 11) is 0. The number of nitrogens with zero attached hydrogens (tertiary/aromatic N) is 2. The minimum Gasteiger partial charge on any atom is -0.336 e. The van der Waals surface area contributed by atoms with E-state index in [1.54, 1.807) is 17.0 Å². The zero-order chi connectivity index (χ0) is 18.7. The first-order valence-corrected chi connectivity index (χ1v) is 8.27. The van der Waals surface area contributed by atoms with Crippen molar-refractivity contribution in [1.82, 2.24) is 9.80 Å². The summed E-state index contributed by atoms with van der Waals surface area (Å²) in [5.74, 6) is -0.738. The van der Waals surface area contributed by atoms with Crippen LogP contribution in [0.15, 0.2) is 48.5 Å². The van der Waals surface area contributed by atoms with Gasteiger partial charge in [-0.1, -0.05) is 24.3 Å². The Labute approximate surface area is 148 Å². The van der Waals surface area contributed by atoms with Gasteiger partial charge in [0.05, 0.1) is 5.56 Å². The number of carbonyl (C=O) groups is 1. The molecule has 0 spiro atoms. The van der Waals surface area contributed by atoms with E-state index in [2.05, 4.69) is 0 Å². The average molecular weight is 366 g/mol. The van der Waals surface area contributed by atoms with Gasteiger partial charge in [-0.25, -0.2) is 4.39 Å². The molecule has 1 aliphatic rings. The van der Waals surface area contributed by atoms with Crippen molar-refractivity contribution in [2.75, 3.05) is 26.2 Å². The highest BCUT2D eigenvalue weighted by Crippen LogP contribution is 2.32. The van der Waals surface area contributed by atoms with Gasteiger partial charge in [-0.3, -0.25) is 9.69 Å². The minimum absolute atomic E-state index is 0.178. The molecular weight excluding hydrogens is 348 g/mol. The Balaban J connectivity index is 1.62. The van der Waals surface area contributed by atoms with Gasteiger partial charge in [0.1, 0.15) is 5.82 Å². The molecule has 0 aliphatic carbocycles. The SMILES string of the molecule is O=C(c1cccc(F)c1)N1CCN(Cc2ccccc2C(F)(F)F)CC1. The molecule has 0 saturated carbocycles. The first kappa shape index (κ1) is 18.4. The van der Waals surface area contributed by atoms with Gasteiger partial charge in [-0.2, -0.15) is 13.2 Å². The molecular formula is C19H18F4N2O. The van der Waals surface area contributed by atoms with Gasteiger partial charge in [-0.15, -0.1) is 0 Å². The standard InChI is InChI=1S/C19H18F4N2O/c20-16-6-3-5-14(12-16)18(26)25-10-8-24(9-11-25)13-15-4-1-2-7-17(15)19(21,22)23/h1-7,12H,8-11,13H2. The molecule has 2 aromatic rings. The molecule has 1 aliphatic heterocycles. The van der Waals surface area contributed by atoms with E-state index in [-0.39, 0.29) is 23.6 Å². The van der Waals surface area contributed by atoms with Crippen molar-refractivity contribution in [3.05, 3.63) is 71.0 Å². The van der Waals surface area contributed by atoms with Crippen LogP contribution >= 0.6 is 0 Å². The maximum absolute atomic E-state index is 13.3. The largest absolute Gasteiger partial charge is 0.416 e.